The lowest BCUT2D eigenvalue weighted by Gasteiger charge is -2.36. The highest BCUT2D eigenvalue weighted by molar-refractivity contribution is 4.90. The van der Waals surface area contributed by atoms with Crippen LogP contribution >= 0.6 is 0 Å². The minimum atomic E-state index is 0.223. The monoisotopic (exact) mass is 206 g/mol. The van der Waals surface area contributed by atoms with Gasteiger partial charge in [-0.25, -0.2) is 0 Å². The van der Waals surface area contributed by atoms with Crippen LogP contribution < -0.4 is 0 Å². The SMILES string of the molecule is [CH]C1(C2CCCCCC2)CCCCCC1. The van der Waals surface area contributed by atoms with Gasteiger partial charge in [-0.15, -0.1) is 0 Å². The van der Waals surface area contributed by atoms with Gasteiger partial charge >= 0.3 is 0 Å². The van der Waals surface area contributed by atoms with Gasteiger partial charge < -0.3 is 0 Å². The molecule has 0 aromatic rings. The zero-order valence-corrected chi connectivity index (χ0v) is 10.1. The zero-order valence-electron chi connectivity index (χ0n) is 10.1. The van der Waals surface area contributed by atoms with Crippen molar-refractivity contribution >= 4 is 0 Å². The quantitative estimate of drug-likeness (QED) is 0.529. The predicted octanol–water partition coefficient (Wildman–Crippen LogP) is 5.01. The topological polar surface area (TPSA) is 0 Å². The first-order chi connectivity index (χ1) is 7.31. The van der Waals surface area contributed by atoms with Crippen LogP contribution in [-0.2, 0) is 0 Å². The molecule has 0 unspecified atom stereocenters. The Morgan fingerprint density at radius 2 is 1.13 bits per heavy atom. The van der Waals surface area contributed by atoms with Gasteiger partial charge in [0.1, 0.15) is 0 Å². The Morgan fingerprint density at radius 1 is 0.667 bits per heavy atom. The molecule has 0 bridgehead atoms. The van der Waals surface area contributed by atoms with Crippen molar-refractivity contribution in [3.8, 4) is 0 Å². The molecule has 0 spiro atoms. The summed E-state index contributed by atoms with van der Waals surface area (Å²) >= 11 is 0. The minimum Gasteiger partial charge on any atom is -0.0533 e. The van der Waals surface area contributed by atoms with Crippen molar-refractivity contribution < 1.29 is 0 Å². The van der Waals surface area contributed by atoms with E-state index in [2.05, 4.69) is 0 Å². The van der Waals surface area contributed by atoms with Crippen molar-refractivity contribution in [2.75, 3.05) is 0 Å². The van der Waals surface area contributed by atoms with Gasteiger partial charge in [-0.1, -0.05) is 51.4 Å². The Hall–Kier alpha value is 0. The van der Waals surface area contributed by atoms with Crippen molar-refractivity contribution in [3.05, 3.63) is 6.92 Å². The highest BCUT2D eigenvalue weighted by Gasteiger charge is 2.34. The van der Waals surface area contributed by atoms with Crippen LogP contribution in [0.2, 0.25) is 0 Å². The molecule has 0 nitrogen and oxygen atoms in total. The van der Waals surface area contributed by atoms with E-state index >= 15 is 0 Å². The lowest BCUT2D eigenvalue weighted by atomic mass is 9.68. The molecule has 2 fully saturated rings. The molecule has 15 heavy (non-hydrogen) atoms. The molecule has 2 radical (unpaired) electrons. The molecular weight excluding hydrogens is 180 g/mol. The molecular formula is C15H26. The molecule has 0 aromatic carbocycles. The fourth-order valence-corrected chi connectivity index (χ4v) is 3.65. The number of hydrogen-bond acceptors (Lipinski definition) is 0. The summed E-state index contributed by atoms with van der Waals surface area (Å²) in [5.41, 5.74) is 0.223. The normalized spacial score (nSPS) is 29.4. The first-order valence-corrected chi connectivity index (χ1v) is 7.10. The molecule has 0 N–H and O–H groups in total. The van der Waals surface area contributed by atoms with Gasteiger partial charge in [0.15, 0.2) is 0 Å². The summed E-state index contributed by atoms with van der Waals surface area (Å²) in [6.45, 7) is 6.70. The molecule has 0 heterocycles. The number of rotatable bonds is 1. The van der Waals surface area contributed by atoms with E-state index in [9.17, 15) is 0 Å². The predicted molar refractivity (Wildman–Crippen MR) is 65.6 cm³/mol. The smallest absolute Gasteiger partial charge is 0.0235 e. The highest BCUT2D eigenvalue weighted by Crippen LogP contribution is 2.46. The summed E-state index contributed by atoms with van der Waals surface area (Å²) in [6, 6.07) is 0. The summed E-state index contributed by atoms with van der Waals surface area (Å²) in [5, 5.41) is 0. The van der Waals surface area contributed by atoms with Crippen LogP contribution in [0.15, 0.2) is 0 Å². The Labute approximate surface area is 95.8 Å². The lowest BCUT2D eigenvalue weighted by Crippen LogP contribution is -2.27. The average Bonchev–Trinajstić information content (AvgIpc) is 2.60. The van der Waals surface area contributed by atoms with Crippen LogP contribution in [0.3, 0.4) is 0 Å². The molecule has 0 aliphatic heterocycles. The van der Waals surface area contributed by atoms with Crippen LogP contribution in [-0.4, -0.2) is 0 Å². The maximum absolute atomic E-state index is 6.70. The first kappa shape index (κ1) is 11.5. The van der Waals surface area contributed by atoms with Gasteiger partial charge in [-0.3, -0.25) is 0 Å². The minimum absolute atomic E-state index is 0.223. The van der Waals surface area contributed by atoms with Gasteiger partial charge in [-0.05, 0) is 43.9 Å². The van der Waals surface area contributed by atoms with E-state index in [4.69, 9.17) is 6.92 Å². The largest absolute Gasteiger partial charge is 0.0533 e. The molecule has 2 aliphatic rings. The van der Waals surface area contributed by atoms with Crippen LogP contribution in [0.5, 0.6) is 0 Å². The van der Waals surface area contributed by atoms with E-state index in [1.54, 1.807) is 0 Å². The van der Waals surface area contributed by atoms with E-state index in [0.717, 1.165) is 5.92 Å². The Bertz CT molecular complexity index is 166. The van der Waals surface area contributed by atoms with Crippen molar-refractivity contribution in [2.45, 2.75) is 77.0 Å². The second-order valence-corrected chi connectivity index (χ2v) is 5.84. The first-order valence-electron chi connectivity index (χ1n) is 7.10. The third-order valence-corrected chi connectivity index (χ3v) is 4.70. The van der Waals surface area contributed by atoms with E-state index in [1.165, 1.54) is 77.0 Å². The molecule has 2 saturated carbocycles. The van der Waals surface area contributed by atoms with Crippen LogP contribution in [0.1, 0.15) is 77.0 Å². The molecule has 0 saturated heterocycles. The van der Waals surface area contributed by atoms with E-state index < -0.39 is 0 Å². The maximum atomic E-state index is 6.70. The molecule has 86 valence electrons. The fraction of sp³-hybridized carbons (Fsp3) is 0.933. The van der Waals surface area contributed by atoms with Gasteiger partial charge in [-0.2, -0.15) is 0 Å². The highest BCUT2D eigenvalue weighted by atomic mass is 14.4. The molecule has 2 aliphatic carbocycles. The van der Waals surface area contributed by atoms with E-state index in [0.29, 0.717) is 0 Å². The van der Waals surface area contributed by atoms with Crippen molar-refractivity contribution in [3.63, 3.8) is 0 Å². The zero-order chi connectivity index (χ0) is 10.6. The molecule has 0 heteroatoms. The average molecular weight is 206 g/mol. The van der Waals surface area contributed by atoms with E-state index in [-0.39, 0.29) is 5.41 Å². The van der Waals surface area contributed by atoms with Crippen molar-refractivity contribution in [1.29, 1.82) is 0 Å². The van der Waals surface area contributed by atoms with Gasteiger partial charge in [0, 0.05) is 0 Å². The number of hydrogen-bond donors (Lipinski definition) is 0. The summed E-state index contributed by atoms with van der Waals surface area (Å²) in [5.74, 6) is 0.845. The van der Waals surface area contributed by atoms with Crippen molar-refractivity contribution in [1.82, 2.24) is 0 Å². The van der Waals surface area contributed by atoms with Crippen molar-refractivity contribution in [2.24, 2.45) is 11.3 Å². The van der Waals surface area contributed by atoms with Crippen LogP contribution in [0.4, 0.5) is 0 Å². The van der Waals surface area contributed by atoms with Gasteiger partial charge in [0.2, 0.25) is 0 Å². The summed E-state index contributed by atoms with van der Waals surface area (Å²) < 4.78 is 0. The summed E-state index contributed by atoms with van der Waals surface area (Å²) in [6.07, 6.45) is 16.8. The standard InChI is InChI=1S/C15H26/c1-15(12-8-4-5-9-13-15)14-10-6-2-3-7-11-14/h1,14H,2-13H2. The third kappa shape index (κ3) is 2.98. The second-order valence-electron chi connectivity index (χ2n) is 5.84. The Kier molecular flexibility index (Phi) is 4.11. The van der Waals surface area contributed by atoms with Crippen LogP contribution in [0, 0.1) is 18.3 Å². The fourth-order valence-electron chi connectivity index (χ4n) is 3.65. The van der Waals surface area contributed by atoms with E-state index in [1.807, 2.05) is 0 Å². The second kappa shape index (κ2) is 5.37. The van der Waals surface area contributed by atoms with Gasteiger partial charge in [0.25, 0.3) is 0 Å². The molecule has 0 atom stereocenters. The van der Waals surface area contributed by atoms with Crippen LogP contribution in [0.25, 0.3) is 0 Å². The summed E-state index contributed by atoms with van der Waals surface area (Å²) in [4.78, 5) is 0. The Balaban J connectivity index is 1.97. The third-order valence-electron chi connectivity index (χ3n) is 4.70. The van der Waals surface area contributed by atoms with Gasteiger partial charge in [0.05, 0.1) is 0 Å². The Morgan fingerprint density at radius 3 is 1.67 bits per heavy atom. The molecule has 0 aromatic heterocycles. The molecule has 2 rings (SSSR count). The molecule has 0 amide bonds. The maximum Gasteiger partial charge on any atom is -0.0235 e. The lowest BCUT2D eigenvalue weighted by molar-refractivity contribution is 0.172. The summed E-state index contributed by atoms with van der Waals surface area (Å²) in [7, 11) is 0.